The molecule has 2 aliphatic rings. The normalized spacial score (nSPS) is 18.0. The van der Waals surface area contributed by atoms with Gasteiger partial charge in [0.2, 0.25) is 0 Å². The summed E-state index contributed by atoms with van der Waals surface area (Å²) in [5, 5.41) is 13.0. The minimum Gasteiger partial charge on any atom is -0.506 e. The molecule has 3 rings (SSSR count). The number of urea groups is 1. The second-order valence-electron chi connectivity index (χ2n) is 7.29. The zero-order chi connectivity index (χ0) is 21.3. The number of nitrogens with zero attached hydrogens (tertiary/aromatic N) is 3. The number of carbonyl (C=O) groups is 2. The summed E-state index contributed by atoms with van der Waals surface area (Å²) in [5.74, 6) is -2.34. The van der Waals surface area contributed by atoms with Crippen molar-refractivity contribution in [2.24, 2.45) is 0 Å². The molecule has 0 aliphatic carbocycles. The highest BCUT2D eigenvalue weighted by Gasteiger charge is 2.39. The monoisotopic (exact) mass is 429 g/mol. The number of nitrogens with one attached hydrogen (secondary N) is 2. The highest BCUT2D eigenvalue weighted by Crippen LogP contribution is 2.38. The van der Waals surface area contributed by atoms with E-state index >= 15 is 4.39 Å². The molecule has 0 atom stereocenters. The maximum atomic E-state index is 15.2. The molecule has 2 aliphatic heterocycles. The number of hydrogen-bond acceptors (Lipinski definition) is 6. The highest BCUT2D eigenvalue weighted by molar-refractivity contribution is 7.92. The second kappa shape index (κ2) is 8.03. The molecule has 1 aromatic carbocycles. The summed E-state index contributed by atoms with van der Waals surface area (Å²) in [6, 6.07) is 0.951. The number of phenols is 1. The van der Waals surface area contributed by atoms with E-state index in [-0.39, 0.29) is 18.1 Å². The number of fused-ring (bicyclic) bond motifs is 1. The molecule has 3 N–H and O–H groups in total. The fourth-order valence-electron chi connectivity index (χ4n) is 3.40. The van der Waals surface area contributed by atoms with Gasteiger partial charge in [0, 0.05) is 18.7 Å². The van der Waals surface area contributed by atoms with Crippen LogP contribution in [0, 0.1) is 5.82 Å². The van der Waals surface area contributed by atoms with Crippen molar-refractivity contribution in [1.29, 1.82) is 0 Å². The van der Waals surface area contributed by atoms with E-state index in [1.54, 1.807) is 4.72 Å². The Labute approximate surface area is 168 Å². The molecule has 2 heterocycles. The van der Waals surface area contributed by atoms with Gasteiger partial charge >= 0.3 is 16.2 Å². The van der Waals surface area contributed by atoms with Crippen LogP contribution in [-0.4, -0.2) is 75.5 Å². The van der Waals surface area contributed by atoms with Crippen LogP contribution >= 0.6 is 0 Å². The van der Waals surface area contributed by atoms with Gasteiger partial charge in [-0.25, -0.2) is 18.2 Å². The lowest BCUT2D eigenvalue weighted by molar-refractivity contribution is -0.117. The number of phenolic OH excluding ortho intramolecular Hbond substituents is 1. The highest BCUT2D eigenvalue weighted by atomic mass is 32.2. The van der Waals surface area contributed by atoms with Crippen LogP contribution in [0.15, 0.2) is 6.07 Å². The first-order valence-electron chi connectivity index (χ1n) is 9.14. The number of rotatable bonds is 5. The molecule has 29 heavy (non-hydrogen) atoms. The van der Waals surface area contributed by atoms with Crippen LogP contribution in [0.1, 0.15) is 17.5 Å². The Morgan fingerprint density at radius 3 is 2.72 bits per heavy atom. The van der Waals surface area contributed by atoms with Crippen molar-refractivity contribution in [1.82, 2.24) is 19.8 Å². The van der Waals surface area contributed by atoms with Gasteiger partial charge in [0.25, 0.3) is 5.91 Å². The molecule has 0 spiro atoms. The lowest BCUT2D eigenvalue weighted by atomic mass is 9.97. The van der Waals surface area contributed by atoms with Crippen molar-refractivity contribution in [3.05, 3.63) is 23.0 Å². The van der Waals surface area contributed by atoms with Crippen molar-refractivity contribution in [3.63, 3.8) is 0 Å². The van der Waals surface area contributed by atoms with E-state index < -0.39 is 39.9 Å². The van der Waals surface area contributed by atoms with Gasteiger partial charge in [0.1, 0.15) is 18.0 Å². The van der Waals surface area contributed by atoms with Gasteiger partial charge in [0.15, 0.2) is 5.82 Å². The zero-order valence-electron chi connectivity index (χ0n) is 16.2. The molecule has 1 fully saturated rings. The predicted molar refractivity (Wildman–Crippen MR) is 103 cm³/mol. The maximum absolute atomic E-state index is 15.2. The van der Waals surface area contributed by atoms with Gasteiger partial charge in [0.05, 0.1) is 6.54 Å². The molecule has 160 valence electrons. The Morgan fingerprint density at radius 2 is 2.10 bits per heavy atom. The van der Waals surface area contributed by atoms with Gasteiger partial charge in [-0.3, -0.25) is 4.79 Å². The van der Waals surface area contributed by atoms with E-state index in [0.717, 1.165) is 13.0 Å². The topological polar surface area (TPSA) is 122 Å². The van der Waals surface area contributed by atoms with Crippen molar-refractivity contribution in [2.45, 2.75) is 19.4 Å². The minimum atomic E-state index is -4.28. The summed E-state index contributed by atoms with van der Waals surface area (Å²) in [6.07, 6.45) is 1.08. The fraction of sp³-hybridized carbons (Fsp3) is 0.529. The first-order valence-corrected chi connectivity index (χ1v) is 10.6. The average Bonchev–Trinajstić information content (AvgIpc) is 2.90. The van der Waals surface area contributed by atoms with E-state index in [1.807, 2.05) is 19.0 Å². The SMILES string of the molecule is CN(C)CCCNC(=O)N1CCc2cc(O)c(N3CC(=O)NS3(=O)=O)c(F)c2C1. The van der Waals surface area contributed by atoms with Gasteiger partial charge in [-0.2, -0.15) is 8.42 Å². The minimum absolute atomic E-state index is 0.0662. The zero-order valence-corrected chi connectivity index (χ0v) is 17.1. The smallest absolute Gasteiger partial charge is 0.326 e. The number of anilines is 1. The summed E-state index contributed by atoms with van der Waals surface area (Å²) < 4.78 is 41.5. The number of carbonyl (C=O) groups excluding carboxylic acids is 2. The molecule has 0 saturated carbocycles. The van der Waals surface area contributed by atoms with Gasteiger partial charge in [-0.05, 0) is 45.1 Å². The summed E-state index contributed by atoms with van der Waals surface area (Å²) in [7, 11) is -0.409. The average molecular weight is 429 g/mol. The van der Waals surface area contributed by atoms with E-state index in [0.29, 0.717) is 29.4 Å². The number of aromatic hydroxyl groups is 1. The Morgan fingerprint density at radius 1 is 1.38 bits per heavy atom. The Hall–Kier alpha value is -2.60. The molecule has 12 heteroatoms. The van der Waals surface area contributed by atoms with E-state index in [1.165, 1.54) is 11.0 Å². The second-order valence-corrected chi connectivity index (χ2v) is 8.89. The van der Waals surface area contributed by atoms with Crippen LogP contribution in [-0.2, 0) is 28.0 Å². The summed E-state index contributed by atoms with van der Waals surface area (Å²) in [4.78, 5) is 27.3. The third-order valence-electron chi connectivity index (χ3n) is 4.83. The number of amides is 3. The van der Waals surface area contributed by atoms with Gasteiger partial charge in [-0.1, -0.05) is 0 Å². The standard InChI is InChI=1S/C17H24FN5O5S/c1-21(2)6-3-5-19-17(26)22-7-4-11-8-13(24)16(15(18)12(11)9-22)23-10-14(25)20-29(23,27)28/h8,24H,3-7,9-10H2,1-2H3,(H,19,26)(H,20,25). The number of benzene rings is 1. The van der Waals surface area contributed by atoms with Crippen molar-refractivity contribution < 1.29 is 27.5 Å². The quantitative estimate of drug-likeness (QED) is 0.554. The maximum Gasteiger partial charge on any atom is 0.326 e. The Kier molecular flexibility index (Phi) is 5.85. The summed E-state index contributed by atoms with van der Waals surface area (Å²) >= 11 is 0. The molecule has 0 aromatic heterocycles. The number of halogens is 1. The molecule has 1 saturated heterocycles. The molecule has 0 radical (unpaired) electrons. The predicted octanol–water partition coefficient (Wildman–Crippen LogP) is -0.268. The van der Waals surface area contributed by atoms with Crippen LogP contribution in [0.2, 0.25) is 0 Å². The van der Waals surface area contributed by atoms with Gasteiger partial charge in [-0.15, -0.1) is 0 Å². The van der Waals surface area contributed by atoms with E-state index in [4.69, 9.17) is 0 Å². The van der Waals surface area contributed by atoms with Crippen LogP contribution in [0.4, 0.5) is 14.9 Å². The van der Waals surface area contributed by atoms with Crippen LogP contribution in [0.25, 0.3) is 0 Å². The van der Waals surface area contributed by atoms with Crippen molar-refractivity contribution >= 4 is 27.8 Å². The Bertz CT molecular complexity index is 937. The van der Waals surface area contributed by atoms with Crippen LogP contribution in [0.5, 0.6) is 5.75 Å². The fourth-order valence-corrected chi connectivity index (χ4v) is 4.56. The molecule has 1 aromatic rings. The van der Waals surface area contributed by atoms with Crippen LogP contribution < -0.4 is 14.3 Å². The van der Waals surface area contributed by atoms with Crippen molar-refractivity contribution in [3.8, 4) is 5.75 Å². The third-order valence-corrected chi connectivity index (χ3v) is 6.21. The Balaban J connectivity index is 1.80. The van der Waals surface area contributed by atoms with Crippen LogP contribution in [0.3, 0.4) is 0 Å². The summed E-state index contributed by atoms with van der Waals surface area (Å²) in [5.41, 5.74) is 0.0358. The first-order chi connectivity index (χ1) is 13.6. The lowest BCUT2D eigenvalue weighted by Crippen LogP contribution is -2.43. The van der Waals surface area contributed by atoms with E-state index in [2.05, 4.69) is 5.32 Å². The first kappa shape index (κ1) is 21.1. The van der Waals surface area contributed by atoms with Gasteiger partial charge < -0.3 is 20.2 Å². The molecule has 0 unspecified atom stereocenters. The molecule has 10 nitrogen and oxygen atoms in total. The molecule has 3 amide bonds. The lowest BCUT2D eigenvalue weighted by Gasteiger charge is -2.31. The summed E-state index contributed by atoms with van der Waals surface area (Å²) in [6.45, 7) is 0.943. The molecular formula is C17H24FN5O5S. The van der Waals surface area contributed by atoms with E-state index in [9.17, 15) is 23.1 Å². The molecular weight excluding hydrogens is 405 g/mol. The number of hydrogen-bond donors (Lipinski definition) is 3. The largest absolute Gasteiger partial charge is 0.506 e. The third kappa shape index (κ3) is 4.37. The molecule has 0 bridgehead atoms. The van der Waals surface area contributed by atoms with Crippen molar-refractivity contribution in [2.75, 3.05) is 44.6 Å².